The Morgan fingerprint density at radius 3 is 2.57 bits per heavy atom. The van der Waals surface area contributed by atoms with Gasteiger partial charge < -0.3 is 10.6 Å². The SMILES string of the molecule is CC1=C(C(=O)Nc2ccc(F)cc2)[C@@H](c2ccc(Cl)cc2Cl)C2=C(CCCC2=O)N1. The summed E-state index contributed by atoms with van der Waals surface area (Å²) in [6.07, 6.45) is 1.91. The monoisotopic (exact) mass is 444 g/mol. The minimum atomic E-state index is -0.612. The molecule has 2 aromatic carbocycles. The van der Waals surface area contributed by atoms with E-state index >= 15 is 0 Å². The number of amides is 1. The van der Waals surface area contributed by atoms with Crippen LogP contribution < -0.4 is 10.6 Å². The van der Waals surface area contributed by atoms with E-state index in [2.05, 4.69) is 10.6 Å². The number of anilines is 1. The van der Waals surface area contributed by atoms with E-state index in [1.165, 1.54) is 24.3 Å². The Morgan fingerprint density at radius 1 is 1.13 bits per heavy atom. The lowest BCUT2D eigenvalue weighted by Crippen LogP contribution is -2.35. The number of carbonyl (C=O) groups is 2. The molecule has 0 unspecified atom stereocenters. The van der Waals surface area contributed by atoms with Crippen molar-refractivity contribution in [1.29, 1.82) is 0 Å². The van der Waals surface area contributed by atoms with E-state index in [1.807, 2.05) is 0 Å². The van der Waals surface area contributed by atoms with Crippen molar-refractivity contribution in [1.82, 2.24) is 5.32 Å². The van der Waals surface area contributed by atoms with E-state index in [9.17, 15) is 14.0 Å². The van der Waals surface area contributed by atoms with E-state index < -0.39 is 11.7 Å². The first-order valence-electron chi connectivity index (χ1n) is 9.61. The molecular formula is C23H19Cl2FN2O2. The number of benzene rings is 2. The lowest BCUT2D eigenvalue weighted by molar-refractivity contribution is -0.116. The average molecular weight is 445 g/mol. The molecule has 0 saturated heterocycles. The number of carbonyl (C=O) groups excluding carboxylic acids is 2. The quantitative estimate of drug-likeness (QED) is 0.634. The van der Waals surface area contributed by atoms with Gasteiger partial charge >= 0.3 is 0 Å². The van der Waals surface area contributed by atoms with Crippen molar-refractivity contribution in [3.8, 4) is 0 Å². The summed E-state index contributed by atoms with van der Waals surface area (Å²) in [5, 5.41) is 6.92. The van der Waals surface area contributed by atoms with Crippen LogP contribution in [0.3, 0.4) is 0 Å². The van der Waals surface area contributed by atoms with Gasteiger partial charge in [-0.3, -0.25) is 9.59 Å². The zero-order valence-electron chi connectivity index (χ0n) is 16.2. The average Bonchev–Trinajstić information content (AvgIpc) is 2.69. The summed E-state index contributed by atoms with van der Waals surface area (Å²) in [5.41, 5.74) is 3.56. The molecule has 4 nitrogen and oxygen atoms in total. The molecule has 0 saturated carbocycles. The summed E-state index contributed by atoms with van der Waals surface area (Å²) >= 11 is 12.6. The highest BCUT2D eigenvalue weighted by atomic mass is 35.5. The van der Waals surface area contributed by atoms with E-state index in [-0.39, 0.29) is 11.7 Å². The van der Waals surface area contributed by atoms with Crippen LogP contribution in [-0.4, -0.2) is 11.7 Å². The molecule has 1 atom stereocenters. The summed E-state index contributed by atoms with van der Waals surface area (Å²) in [6, 6.07) is 10.6. The smallest absolute Gasteiger partial charge is 0.254 e. The Hall–Kier alpha value is -2.63. The normalized spacial score (nSPS) is 18.8. The molecule has 30 heavy (non-hydrogen) atoms. The molecule has 4 rings (SSSR count). The van der Waals surface area contributed by atoms with Crippen LogP contribution >= 0.6 is 23.2 Å². The first-order chi connectivity index (χ1) is 14.3. The largest absolute Gasteiger partial charge is 0.362 e. The Kier molecular flexibility index (Phi) is 5.67. The highest BCUT2D eigenvalue weighted by Crippen LogP contribution is 2.44. The molecule has 2 N–H and O–H groups in total. The molecule has 1 heterocycles. The second-order valence-corrected chi connectivity index (χ2v) is 8.24. The Labute approximate surface area is 183 Å². The minimum Gasteiger partial charge on any atom is -0.362 e. The molecule has 2 aliphatic rings. The summed E-state index contributed by atoms with van der Waals surface area (Å²) < 4.78 is 13.2. The van der Waals surface area contributed by atoms with E-state index in [0.29, 0.717) is 44.6 Å². The maximum atomic E-state index is 13.3. The van der Waals surface area contributed by atoms with Crippen molar-refractivity contribution < 1.29 is 14.0 Å². The van der Waals surface area contributed by atoms with Crippen LogP contribution in [0.25, 0.3) is 0 Å². The molecule has 1 aliphatic carbocycles. The molecule has 0 fully saturated rings. The van der Waals surface area contributed by atoms with Gasteiger partial charge in [-0.2, -0.15) is 0 Å². The van der Waals surface area contributed by atoms with Gasteiger partial charge in [0.2, 0.25) is 0 Å². The van der Waals surface area contributed by atoms with Gasteiger partial charge in [-0.15, -0.1) is 0 Å². The molecule has 0 bridgehead atoms. The molecule has 2 aromatic rings. The number of ketones is 1. The molecule has 154 valence electrons. The lowest BCUT2D eigenvalue weighted by Gasteiger charge is -2.35. The van der Waals surface area contributed by atoms with Crippen LogP contribution in [-0.2, 0) is 9.59 Å². The third-order valence-electron chi connectivity index (χ3n) is 5.40. The van der Waals surface area contributed by atoms with Crippen molar-refractivity contribution >= 4 is 40.6 Å². The number of hydrogen-bond acceptors (Lipinski definition) is 3. The topological polar surface area (TPSA) is 58.2 Å². The van der Waals surface area contributed by atoms with Gasteiger partial charge in [-0.1, -0.05) is 29.3 Å². The summed E-state index contributed by atoms with van der Waals surface area (Å²) in [4.78, 5) is 26.2. The Balaban J connectivity index is 1.81. The van der Waals surface area contributed by atoms with Crippen LogP contribution in [0, 0.1) is 5.82 Å². The minimum absolute atomic E-state index is 0.000603. The first kappa shape index (κ1) is 20.6. The predicted molar refractivity (Wildman–Crippen MR) is 116 cm³/mol. The van der Waals surface area contributed by atoms with Crippen LogP contribution in [0.5, 0.6) is 0 Å². The van der Waals surface area contributed by atoms with Gasteiger partial charge in [0.1, 0.15) is 5.82 Å². The van der Waals surface area contributed by atoms with Gasteiger partial charge in [-0.25, -0.2) is 4.39 Å². The van der Waals surface area contributed by atoms with Gasteiger partial charge in [0.25, 0.3) is 5.91 Å². The third kappa shape index (κ3) is 3.87. The number of allylic oxidation sites excluding steroid dienone is 3. The Morgan fingerprint density at radius 2 is 1.87 bits per heavy atom. The van der Waals surface area contributed by atoms with E-state index in [1.54, 1.807) is 25.1 Å². The fraction of sp³-hybridized carbons (Fsp3) is 0.217. The number of Topliss-reactive ketones (excluding diaryl/α,β-unsaturated/α-hetero) is 1. The second-order valence-electron chi connectivity index (χ2n) is 7.39. The van der Waals surface area contributed by atoms with E-state index in [4.69, 9.17) is 23.2 Å². The Bertz CT molecular complexity index is 1110. The van der Waals surface area contributed by atoms with Gasteiger partial charge in [0.05, 0.1) is 0 Å². The van der Waals surface area contributed by atoms with Crippen LogP contribution in [0.2, 0.25) is 10.0 Å². The molecule has 7 heteroatoms. The summed E-state index contributed by atoms with van der Waals surface area (Å²) in [7, 11) is 0. The van der Waals surface area contributed by atoms with E-state index in [0.717, 1.165) is 18.5 Å². The fourth-order valence-electron chi connectivity index (χ4n) is 4.06. The van der Waals surface area contributed by atoms with Crippen molar-refractivity contribution in [2.75, 3.05) is 5.32 Å². The highest BCUT2D eigenvalue weighted by Gasteiger charge is 2.39. The zero-order valence-corrected chi connectivity index (χ0v) is 17.7. The standard InChI is InChI=1S/C23H19Cl2FN2O2/c1-12-20(23(30)28-15-8-6-14(26)7-9-15)21(16-10-5-13(24)11-17(16)25)22-18(27-12)3-2-4-19(22)29/h5-11,21,27H,2-4H2,1H3,(H,28,30)/t21-/m1/s1. The molecule has 0 radical (unpaired) electrons. The van der Waals surface area contributed by atoms with Gasteiger partial charge in [0.15, 0.2) is 5.78 Å². The van der Waals surface area contributed by atoms with Crippen LogP contribution in [0.1, 0.15) is 37.7 Å². The highest BCUT2D eigenvalue weighted by molar-refractivity contribution is 6.35. The maximum Gasteiger partial charge on any atom is 0.254 e. The number of rotatable bonds is 3. The zero-order chi connectivity index (χ0) is 21.4. The second kappa shape index (κ2) is 8.25. The van der Waals surface area contributed by atoms with Crippen molar-refractivity contribution in [3.63, 3.8) is 0 Å². The molecular weight excluding hydrogens is 426 g/mol. The first-order valence-corrected chi connectivity index (χ1v) is 10.4. The van der Waals surface area contributed by atoms with Crippen molar-refractivity contribution in [2.45, 2.75) is 32.1 Å². The molecule has 1 amide bonds. The third-order valence-corrected chi connectivity index (χ3v) is 5.96. The molecule has 1 aliphatic heterocycles. The number of hydrogen-bond donors (Lipinski definition) is 2. The molecule has 0 aromatic heterocycles. The summed E-state index contributed by atoms with van der Waals surface area (Å²) in [5.74, 6) is -1.39. The number of halogens is 3. The van der Waals surface area contributed by atoms with Gasteiger partial charge in [-0.05, 0) is 61.7 Å². The van der Waals surface area contributed by atoms with Crippen molar-refractivity contribution in [3.05, 3.63) is 86.4 Å². The fourth-order valence-corrected chi connectivity index (χ4v) is 4.58. The number of nitrogens with one attached hydrogen (secondary N) is 2. The lowest BCUT2D eigenvalue weighted by atomic mass is 9.75. The van der Waals surface area contributed by atoms with Crippen molar-refractivity contribution in [2.24, 2.45) is 0 Å². The molecule has 0 spiro atoms. The van der Waals surface area contributed by atoms with Crippen LogP contribution in [0.4, 0.5) is 10.1 Å². The summed E-state index contributed by atoms with van der Waals surface area (Å²) in [6.45, 7) is 1.80. The predicted octanol–water partition coefficient (Wildman–Crippen LogP) is 5.74. The van der Waals surface area contributed by atoms with Gasteiger partial charge in [0, 0.05) is 50.6 Å². The van der Waals surface area contributed by atoms with Crippen LogP contribution in [0.15, 0.2) is 65.0 Å². The number of dihydropyridines is 1. The maximum absolute atomic E-state index is 13.3.